The first-order valence-electron chi connectivity index (χ1n) is 5.96. The predicted molar refractivity (Wildman–Crippen MR) is 60.7 cm³/mol. The quantitative estimate of drug-likeness (QED) is 0.444. The van der Waals surface area contributed by atoms with E-state index in [0.29, 0.717) is 0 Å². The van der Waals surface area contributed by atoms with E-state index in [1.807, 2.05) is 0 Å². The van der Waals surface area contributed by atoms with E-state index in [4.69, 9.17) is 0 Å². The molecule has 0 bridgehead atoms. The first kappa shape index (κ1) is 12.7. The Kier molecular flexibility index (Phi) is 11.5. The van der Waals surface area contributed by atoms with Crippen LogP contribution in [0.25, 0.3) is 0 Å². The zero-order valence-corrected chi connectivity index (χ0v) is 9.44. The molecule has 0 spiro atoms. The lowest BCUT2D eigenvalue weighted by atomic mass is 10.1. The molecule has 0 saturated heterocycles. The maximum Gasteiger partial charge on any atom is -0.0282 e. The van der Waals surface area contributed by atoms with Crippen LogP contribution in [0, 0.1) is 6.08 Å². The first-order valence-corrected chi connectivity index (χ1v) is 5.96. The van der Waals surface area contributed by atoms with Gasteiger partial charge in [0.2, 0.25) is 0 Å². The third-order valence-electron chi connectivity index (χ3n) is 2.24. The number of unbranched alkanes of at least 4 members (excludes halogenated alkanes) is 7. The van der Waals surface area contributed by atoms with Crippen molar-refractivity contribution in [3.05, 3.63) is 12.2 Å². The molecule has 0 heteroatoms. The Labute approximate surface area is 84.4 Å². The van der Waals surface area contributed by atoms with Crippen LogP contribution < -0.4 is 0 Å². The van der Waals surface area contributed by atoms with Crippen molar-refractivity contribution >= 4 is 0 Å². The third-order valence-corrected chi connectivity index (χ3v) is 2.24. The average molecular weight is 181 g/mol. The Balaban J connectivity index is 2.91. The smallest absolute Gasteiger partial charge is 0.0282 e. The van der Waals surface area contributed by atoms with Crippen LogP contribution in [0.5, 0.6) is 0 Å². The van der Waals surface area contributed by atoms with Crippen LogP contribution in [0.15, 0.2) is 6.08 Å². The number of hydrogen-bond donors (Lipinski definition) is 0. The topological polar surface area (TPSA) is 0 Å². The summed E-state index contributed by atoms with van der Waals surface area (Å²) in [7, 11) is 0. The molecule has 0 atom stereocenters. The molecule has 0 aromatic heterocycles. The van der Waals surface area contributed by atoms with Gasteiger partial charge in [0.05, 0.1) is 0 Å². The molecule has 0 aliphatic heterocycles. The zero-order valence-electron chi connectivity index (χ0n) is 9.44. The van der Waals surface area contributed by atoms with E-state index >= 15 is 0 Å². The normalized spacial score (nSPS) is 11.2. The van der Waals surface area contributed by atoms with Gasteiger partial charge in [0.25, 0.3) is 0 Å². The second-order valence-corrected chi connectivity index (χ2v) is 3.71. The molecule has 0 fully saturated rings. The van der Waals surface area contributed by atoms with E-state index in [1.165, 1.54) is 51.4 Å². The molecule has 0 aromatic carbocycles. The summed E-state index contributed by atoms with van der Waals surface area (Å²) < 4.78 is 0. The lowest BCUT2D eigenvalue weighted by Gasteiger charge is -1.97. The second kappa shape index (κ2) is 11.7. The van der Waals surface area contributed by atoms with Gasteiger partial charge < -0.3 is 0 Å². The van der Waals surface area contributed by atoms with E-state index in [-0.39, 0.29) is 0 Å². The minimum Gasteiger partial charge on any atom is -0.0811 e. The molecule has 13 heavy (non-hydrogen) atoms. The van der Waals surface area contributed by atoms with Crippen molar-refractivity contribution in [1.82, 2.24) is 0 Å². The van der Waals surface area contributed by atoms with Crippen LogP contribution in [0.3, 0.4) is 0 Å². The number of allylic oxidation sites excluding steroid dienone is 2. The molecular weight excluding hydrogens is 156 g/mol. The van der Waals surface area contributed by atoms with Gasteiger partial charge in [0.15, 0.2) is 0 Å². The third kappa shape index (κ3) is 11.7. The van der Waals surface area contributed by atoms with Gasteiger partial charge in [-0.25, -0.2) is 0 Å². The van der Waals surface area contributed by atoms with Gasteiger partial charge in [-0.15, -0.1) is 0 Å². The summed E-state index contributed by atoms with van der Waals surface area (Å²) in [6.45, 7) is 4.47. The highest BCUT2D eigenvalue weighted by Crippen LogP contribution is 2.07. The summed E-state index contributed by atoms with van der Waals surface area (Å²) >= 11 is 0. The highest BCUT2D eigenvalue weighted by Gasteiger charge is 1.87. The molecule has 0 aliphatic carbocycles. The van der Waals surface area contributed by atoms with Crippen molar-refractivity contribution in [3.8, 4) is 0 Å². The summed E-state index contributed by atoms with van der Waals surface area (Å²) in [6.07, 6.45) is 17.5. The van der Waals surface area contributed by atoms with Gasteiger partial charge in [-0.2, -0.15) is 0 Å². The fourth-order valence-electron chi connectivity index (χ4n) is 1.38. The van der Waals surface area contributed by atoms with Crippen molar-refractivity contribution in [3.63, 3.8) is 0 Å². The molecule has 0 amide bonds. The maximum atomic E-state index is 3.31. The van der Waals surface area contributed by atoms with Gasteiger partial charge in [-0.1, -0.05) is 58.4 Å². The Morgan fingerprint density at radius 1 is 0.846 bits per heavy atom. The Morgan fingerprint density at radius 2 is 1.54 bits per heavy atom. The molecule has 0 aromatic rings. The second-order valence-electron chi connectivity index (χ2n) is 3.71. The van der Waals surface area contributed by atoms with E-state index in [2.05, 4.69) is 26.0 Å². The summed E-state index contributed by atoms with van der Waals surface area (Å²) in [5.41, 5.74) is 0. The van der Waals surface area contributed by atoms with E-state index < -0.39 is 0 Å². The lowest BCUT2D eigenvalue weighted by Crippen LogP contribution is -1.77. The molecule has 0 nitrogen and oxygen atoms in total. The molecule has 0 N–H and O–H groups in total. The highest BCUT2D eigenvalue weighted by molar-refractivity contribution is 4.72. The van der Waals surface area contributed by atoms with Crippen LogP contribution in [0.1, 0.15) is 71.6 Å². The molecule has 0 rings (SSSR count). The molecule has 0 unspecified atom stereocenters. The molecule has 0 heterocycles. The van der Waals surface area contributed by atoms with Gasteiger partial charge in [-0.3, -0.25) is 0 Å². The largest absolute Gasteiger partial charge is 0.0811 e. The van der Waals surface area contributed by atoms with E-state index in [9.17, 15) is 0 Å². The number of rotatable bonds is 9. The van der Waals surface area contributed by atoms with E-state index in [1.54, 1.807) is 0 Å². The minimum atomic E-state index is 1.13. The summed E-state index contributed by atoms with van der Waals surface area (Å²) in [5.74, 6) is 0. The standard InChI is InChI=1S/C13H25/c1-3-5-7-9-11-13-12-10-8-6-4-2/h10H,3-7,9,11-13H2,1-2H3. The van der Waals surface area contributed by atoms with Crippen LogP contribution in [-0.4, -0.2) is 0 Å². The number of hydrogen-bond acceptors (Lipinski definition) is 0. The van der Waals surface area contributed by atoms with Crippen LogP contribution in [-0.2, 0) is 0 Å². The van der Waals surface area contributed by atoms with E-state index in [0.717, 1.165) is 6.42 Å². The van der Waals surface area contributed by atoms with Crippen LogP contribution >= 0.6 is 0 Å². The van der Waals surface area contributed by atoms with Gasteiger partial charge in [0.1, 0.15) is 0 Å². The SMILES string of the molecule is CCC/[C]=C\CCCCCCCC. The molecule has 77 valence electrons. The molecule has 0 aliphatic rings. The zero-order chi connectivity index (χ0) is 9.78. The summed E-state index contributed by atoms with van der Waals surface area (Å²) in [4.78, 5) is 0. The molecule has 1 radical (unpaired) electrons. The van der Waals surface area contributed by atoms with Crippen molar-refractivity contribution in [1.29, 1.82) is 0 Å². The Morgan fingerprint density at radius 3 is 2.23 bits per heavy atom. The highest BCUT2D eigenvalue weighted by atomic mass is 13.9. The van der Waals surface area contributed by atoms with Crippen LogP contribution in [0.2, 0.25) is 0 Å². The Bertz CT molecular complexity index is 103. The average Bonchev–Trinajstić information content (AvgIpc) is 2.16. The molecule has 0 saturated carbocycles. The van der Waals surface area contributed by atoms with Gasteiger partial charge in [-0.05, 0) is 25.3 Å². The van der Waals surface area contributed by atoms with Gasteiger partial charge in [0, 0.05) is 0 Å². The van der Waals surface area contributed by atoms with Crippen LogP contribution in [0.4, 0.5) is 0 Å². The van der Waals surface area contributed by atoms with Gasteiger partial charge >= 0.3 is 0 Å². The molecular formula is C13H25. The van der Waals surface area contributed by atoms with Crippen molar-refractivity contribution in [2.45, 2.75) is 71.6 Å². The first-order chi connectivity index (χ1) is 6.41. The predicted octanol–water partition coefficient (Wildman–Crippen LogP) is 4.90. The fraction of sp³-hybridized carbons (Fsp3) is 0.846. The minimum absolute atomic E-state index is 1.13. The van der Waals surface area contributed by atoms with Crippen molar-refractivity contribution in [2.75, 3.05) is 0 Å². The lowest BCUT2D eigenvalue weighted by molar-refractivity contribution is 0.610. The fourth-order valence-corrected chi connectivity index (χ4v) is 1.38. The van der Waals surface area contributed by atoms with Crippen molar-refractivity contribution in [2.24, 2.45) is 0 Å². The maximum absolute atomic E-state index is 3.31. The van der Waals surface area contributed by atoms with Crippen molar-refractivity contribution < 1.29 is 0 Å². The monoisotopic (exact) mass is 181 g/mol. The Hall–Kier alpha value is -0.260. The summed E-state index contributed by atoms with van der Waals surface area (Å²) in [6, 6.07) is 0. The summed E-state index contributed by atoms with van der Waals surface area (Å²) in [5, 5.41) is 0.